The molecule has 1 rings (SSSR count). The monoisotopic (exact) mass is 542 g/mol. The first-order valence-electron chi connectivity index (χ1n) is 8.22. The zero-order valence-corrected chi connectivity index (χ0v) is 19.1. The lowest BCUT2D eigenvalue weighted by atomic mass is 10.3. The first kappa shape index (κ1) is 25.1. The summed E-state index contributed by atoms with van der Waals surface area (Å²) in [4.78, 5) is 16.0. The topological polar surface area (TPSA) is 84.0 Å². The van der Waals surface area contributed by atoms with Gasteiger partial charge in [0.05, 0.1) is 13.2 Å². The number of carbonyl (C=O) groups is 1. The molecule has 0 bridgehead atoms. The molecule has 0 aliphatic heterocycles. The lowest BCUT2D eigenvalue weighted by Gasteiger charge is -2.12. The fourth-order valence-corrected chi connectivity index (χ4v) is 2.16. The van der Waals surface area contributed by atoms with Gasteiger partial charge in [-0.25, -0.2) is 0 Å². The van der Waals surface area contributed by atoms with E-state index in [1.165, 1.54) is 0 Å². The van der Waals surface area contributed by atoms with Crippen LogP contribution in [0.4, 0.5) is 5.69 Å². The van der Waals surface area contributed by atoms with Crippen molar-refractivity contribution in [3.63, 3.8) is 0 Å². The standard InChI is InChI=1S/C17H27BrN4O3.HI/c1-19-17(20-9-3-11-25-13-12-24-2)21-10-8-16(23)22-15-6-4-14(18)5-7-15;/h4-7H,3,8-13H2,1-2H3,(H,22,23)(H2,19,20,21);1H. The number of methoxy groups -OCH3 is 1. The molecule has 1 aromatic rings. The normalized spacial score (nSPS) is 10.8. The molecule has 1 amide bonds. The van der Waals surface area contributed by atoms with Crippen LogP contribution in [0.5, 0.6) is 0 Å². The molecule has 0 aliphatic carbocycles. The molecular weight excluding hydrogens is 515 g/mol. The van der Waals surface area contributed by atoms with Crippen LogP contribution in [0.1, 0.15) is 12.8 Å². The van der Waals surface area contributed by atoms with Crippen molar-refractivity contribution in [3.05, 3.63) is 28.7 Å². The van der Waals surface area contributed by atoms with Crippen molar-refractivity contribution in [1.29, 1.82) is 0 Å². The number of anilines is 1. The lowest BCUT2D eigenvalue weighted by Crippen LogP contribution is -2.39. The lowest BCUT2D eigenvalue weighted by molar-refractivity contribution is -0.116. The Morgan fingerprint density at radius 2 is 1.81 bits per heavy atom. The van der Waals surface area contributed by atoms with Gasteiger partial charge in [-0.3, -0.25) is 9.79 Å². The average molecular weight is 543 g/mol. The number of hydrogen-bond acceptors (Lipinski definition) is 4. The van der Waals surface area contributed by atoms with Gasteiger partial charge in [0.2, 0.25) is 5.91 Å². The highest BCUT2D eigenvalue weighted by molar-refractivity contribution is 14.0. The smallest absolute Gasteiger partial charge is 0.226 e. The van der Waals surface area contributed by atoms with Crippen LogP contribution in [0.3, 0.4) is 0 Å². The van der Waals surface area contributed by atoms with Crippen LogP contribution in [0, 0.1) is 0 Å². The molecule has 9 heteroatoms. The summed E-state index contributed by atoms with van der Waals surface area (Å²) in [6, 6.07) is 7.48. The zero-order valence-electron chi connectivity index (χ0n) is 15.2. The van der Waals surface area contributed by atoms with Crippen molar-refractivity contribution in [1.82, 2.24) is 10.6 Å². The van der Waals surface area contributed by atoms with Gasteiger partial charge < -0.3 is 25.4 Å². The molecule has 1 aromatic carbocycles. The number of nitrogens with zero attached hydrogens (tertiary/aromatic N) is 1. The van der Waals surface area contributed by atoms with Crippen LogP contribution in [0.15, 0.2) is 33.7 Å². The molecule has 0 aliphatic rings. The van der Waals surface area contributed by atoms with E-state index in [4.69, 9.17) is 9.47 Å². The molecule has 3 N–H and O–H groups in total. The number of halogens is 2. The number of amides is 1. The highest BCUT2D eigenvalue weighted by Crippen LogP contribution is 2.14. The predicted molar refractivity (Wildman–Crippen MR) is 119 cm³/mol. The second kappa shape index (κ2) is 16.3. The second-order valence-corrected chi connectivity index (χ2v) is 6.11. The van der Waals surface area contributed by atoms with Crippen LogP contribution in [0.25, 0.3) is 0 Å². The van der Waals surface area contributed by atoms with E-state index in [0.717, 1.165) is 23.1 Å². The molecule has 26 heavy (non-hydrogen) atoms. The average Bonchev–Trinajstić information content (AvgIpc) is 2.61. The summed E-state index contributed by atoms with van der Waals surface area (Å²) in [6.45, 7) is 3.14. The Hall–Kier alpha value is -0.910. The Bertz CT molecular complexity index is 529. The summed E-state index contributed by atoms with van der Waals surface area (Å²) < 4.78 is 11.3. The fourth-order valence-electron chi connectivity index (χ4n) is 1.90. The highest BCUT2D eigenvalue weighted by Gasteiger charge is 2.03. The van der Waals surface area contributed by atoms with Crippen molar-refractivity contribution < 1.29 is 14.3 Å². The Morgan fingerprint density at radius 3 is 2.46 bits per heavy atom. The third-order valence-electron chi connectivity index (χ3n) is 3.19. The number of aliphatic imine (C=N–C) groups is 1. The quantitative estimate of drug-likeness (QED) is 0.173. The number of nitrogens with one attached hydrogen (secondary N) is 3. The van der Waals surface area contributed by atoms with E-state index in [-0.39, 0.29) is 29.9 Å². The van der Waals surface area contributed by atoms with Crippen molar-refractivity contribution >= 4 is 57.5 Å². The van der Waals surface area contributed by atoms with E-state index in [2.05, 4.69) is 36.9 Å². The van der Waals surface area contributed by atoms with Crippen molar-refractivity contribution in [2.75, 3.05) is 52.4 Å². The van der Waals surface area contributed by atoms with Crippen LogP contribution in [-0.2, 0) is 14.3 Å². The first-order valence-corrected chi connectivity index (χ1v) is 9.01. The summed E-state index contributed by atoms with van der Waals surface area (Å²) in [6.07, 6.45) is 1.23. The van der Waals surface area contributed by atoms with Crippen molar-refractivity contribution in [2.45, 2.75) is 12.8 Å². The Kier molecular flexibility index (Phi) is 15.7. The van der Waals surface area contributed by atoms with Gasteiger partial charge in [0, 0.05) is 50.4 Å². The number of ether oxygens (including phenoxy) is 2. The maximum absolute atomic E-state index is 11.9. The SMILES string of the molecule is CN=C(NCCCOCCOC)NCCC(=O)Nc1ccc(Br)cc1.I. The Labute approximate surface area is 180 Å². The first-order chi connectivity index (χ1) is 12.2. The summed E-state index contributed by atoms with van der Waals surface area (Å²) in [7, 11) is 3.35. The maximum atomic E-state index is 11.9. The minimum Gasteiger partial charge on any atom is -0.382 e. The minimum atomic E-state index is -0.0446. The number of carbonyl (C=O) groups excluding carboxylic acids is 1. The van der Waals surface area contributed by atoms with Crippen molar-refractivity contribution in [2.24, 2.45) is 4.99 Å². The summed E-state index contributed by atoms with van der Waals surface area (Å²) in [5.74, 6) is 0.630. The van der Waals surface area contributed by atoms with Gasteiger partial charge in [0.1, 0.15) is 0 Å². The van der Waals surface area contributed by atoms with E-state index in [9.17, 15) is 4.79 Å². The molecule has 0 aromatic heterocycles. The van der Waals surface area contributed by atoms with Gasteiger partial charge in [0.25, 0.3) is 0 Å². The molecule has 0 heterocycles. The minimum absolute atomic E-state index is 0. The van der Waals surface area contributed by atoms with Gasteiger partial charge >= 0.3 is 0 Å². The predicted octanol–water partition coefficient (Wildman–Crippen LogP) is 2.61. The zero-order chi connectivity index (χ0) is 18.3. The molecular formula is C17H28BrIN4O3. The van der Waals surface area contributed by atoms with Crippen LogP contribution in [0.2, 0.25) is 0 Å². The number of hydrogen-bond donors (Lipinski definition) is 3. The van der Waals surface area contributed by atoms with E-state index < -0.39 is 0 Å². The van der Waals surface area contributed by atoms with Crippen LogP contribution >= 0.6 is 39.9 Å². The van der Waals surface area contributed by atoms with Gasteiger partial charge in [0.15, 0.2) is 5.96 Å². The van der Waals surface area contributed by atoms with E-state index in [1.807, 2.05) is 24.3 Å². The van der Waals surface area contributed by atoms with E-state index in [1.54, 1.807) is 14.2 Å². The van der Waals surface area contributed by atoms with Crippen molar-refractivity contribution in [3.8, 4) is 0 Å². The molecule has 0 atom stereocenters. The number of benzene rings is 1. The molecule has 0 spiro atoms. The molecule has 0 radical (unpaired) electrons. The molecule has 7 nitrogen and oxygen atoms in total. The van der Waals surface area contributed by atoms with Gasteiger partial charge in [-0.05, 0) is 30.7 Å². The van der Waals surface area contributed by atoms with E-state index in [0.29, 0.717) is 38.7 Å². The van der Waals surface area contributed by atoms with Gasteiger partial charge in [-0.2, -0.15) is 0 Å². The fraction of sp³-hybridized carbons (Fsp3) is 0.529. The van der Waals surface area contributed by atoms with Crippen LogP contribution < -0.4 is 16.0 Å². The highest BCUT2D eigenvalue weighted by atomic mass is 127. The van der Waals surface area contributed by atoms with Crippen LogP contribution in [-0.4, -0.2) is 58.9 Å². The van der Waals surface area contributed by atoms with E-state index >= 15 is 0 Å². The van der Waals surface area contributed by atoms with Gasteiger partial charge in [-0.1, -0.05) is 15.9 Å². The Balaban J connectivity index is 0.00000625. The molecule has 0 saturated carbocycles. The largest absolute Gasteiger partial charge is 0.382 e. The third kappa shape index (κ3) is 12.4. The maximum Gasteiger partial charge on any atom is 0.226 e. The second-order valence-electron chi connectivity index (χ2n) is 5.19. The Morgan fingerprint density at radius 1 is 1.12 bits per heavy atom. The summed E-state index contributed by atoms with van der Waals surface area (Å²) >= 11 is 3.36. The molecule has 148 valence electrons. The van der Waals surface area contributed by atoms with Gasteiger partial charge in [-0.15, -0.1) is 24.0 Å². The molecule has 0 saturated heterocycles. The number of rotatable bonds is 11. The molecule has 0 unspecified atom stereocenters. The molecule has 0 fully saturated rings. The summed E-state index contributed by atoms with van der Waals surface area (Å²) in [5.41, 5.74) is 0.782. The number of guanidine groups is 1. The summed E-state index contributed by atoms with van der Waals surface area (Å²) in [5, 5.41) is 9.15. The third-order valence-corrected chi connectivity index (χ3v) is 3.71.